The van der Waals surface area contributed by atoms with Gasteiger partial charge >= 0.3 is 0 Å². The van der Waals surface area contributed by atoms with Gasteiger partial charge in [-0.2, -0.15) is 9.13 Å². The molecule has 2 aliphatic heterocycles. The van der Waals surface area contributed by atoms with E-state index in [0.29, 0.717) is 12.1 Å². The summed E-state index contributed by atoms with van der Waals surface area (Å²) in [4.78, 5) is 0. The maximum atomic E-state index is 2.74. The predicted octanol–water partition coefficient (Wildman–Crippen LogP) is 10.1. The summed E-state index contributed by atoms with van der Waals surface area (Å²) in [5.41, 5.74) is 18.2. The summed E-state index contributed by atoms with van der Waals surface area (Å²) in [5.74, 6) is 0. The SMILES string of the molecule is CCC1(CC)c2cccc3c2-c2c(ccc[n+]2C1CCC1c2ccc(-c4ccccc4)c4c2-c2c(c([Si](C)(C)C)cc[n+]21)C4(C)C)C3(C)C. The maximum absolute atomic E-state index is 2.74. The van der Waals surface area contributed by atoms with Crippen LogP contribution in [0.5, 0.6) is 0 Å². The molecular weight excluding hydrogens is 609 g/mol. The van der Waals surface area contributed by atoms with E-state index in [4.69, 9.17) is 0 Å². The van der Waals surface area contributed by atoms with Crippen molar-refractivity contribution < 1.29 is 9.13 Å². The van der Waals surface area contributed by atoms with Crippen molar-refractivity contribution in [1.29, 1.82) is 0 Å². The van der Waals surface area contributed by atoms with Crippen molar-refractivity contribution in [3.63, 3.8) is 0 Å². The zero-order valence-corrected chi connectivity index (χ0v) is 32.0. The Morgan fingerprint density at radius 2 is 1.33 bits per heavy atom. The topological polar surface area (TPSA) is 7.76 Å². The smallest absolute Gasteiger partial charge is 0.194 e. The van der Waals surface area contributed by atoms with E-state index in [1.54, 1.807) is 21.9 Å². The fourth-order valence-corrected chi connectivity index (χ4v) is 13.0. The quantitative estimate of drug-likeness (QED) is 0.121. The summed E-state index contributed by atoms with van der Waals surface area (Å²) in [6.45, 7) is 22.3. The number of hydrogen-bond acceptors (Lipinski definition) is 0. The molecule has 49 heavy (non-hydrogen) atoms. The van der Waals surface area contributed by atoms with Crippen LogP contribution in [0.2, 0.25) is 19.6 Å². The third kappa shape index (κ3) is 3.83. The molecule has 4 heterocycles. The van der Waals surface area contributed by atoms with Crippen molar-refractivity contribution in [1.82, 2.24) is 0 Å². The van der Waals surface area contributed by atoms with E-state index in [0.717, 1.165) is 25.7 Å². The van der Waals surface area contributed by atoms with Crippen LogP contribution in [-0.4, -0.2) is 8.07 Å². The highest BCUT2D eigenvalue weighted by Crippen LogP contribution is 2.59. The van der Waals surface area contributed by atoms with Crippen molar-refractivity contribution in [2.75, 3.05) is 0 Å². The molecule has 0 N–H and O–H groups in total. The van der Waals surface area contributed by atoms with Crippen molar-refractivity contribution >= 4 is 13.3 Å². The zero-order chi connectivity index (χ0) is 34.2. The standard InChI is InChI=1S/C46H52N2Si/c1-10-46(11-2)33-20-15-19-32-39(33)42-34(44(32,3)4)21-16-27-48(42)37(46)25-24-35-31-23-22-30(29-17-13-12-14-18-29)40-38(31)43-41(45(40,5)6)36(49(7,8)9)26-28-47(35)43/h12-23,26-28,35,37H,10-11,24-25H2,1-9H3/q+2. The monoisotopic (exact) mass is 660 g/mol. The summed E-state index contributed by atoms with van der Waals surface area (Å²) in [6.07, 6.45) is 9.47. The Balaban J connectivity index is 1.22. The van der Waals surface area contributed by atoms with Gasteiger partial charge in [-0.1, -0.05) is 122 Å². The van der Waals surface area contributed by atoms with Crippen LogP contribution in [0, 0.1) is 0 Å². The van der Waals surface area contributed by atoms with Gasteiger partial charge in [0.15, 0.2) is 24.5 Å². The second-order valence-corrected chi connectivity index (χ2v) is 22.6. The molecule has 0 amide bonds. The summed E-state index contributed by atoms with van der Waals surface area (Å²) in [5, 5.41) is 1.62. The molecule has 2 aromatic heterocycles. The first-order valence-corrected chi connectivity index (χ1v) is 22.4. The fourth-order valence-electron chi connectivity index (χ4n) is 11.3. The molecule has 2 nitrogen and oxygen atoms in total. The van der Waals surface area contributed by atoms with Crippen LogP contribution in [0.3, 0.4) is 0 Å². The van der Waals surface area contributed by atoms with Gasteiger partial charge in [0.2, 0.25) is 11.4 Å². The summed E-state index contributed by atoms with van der Waals surface area (Å²) >= 11 is 0. The van der Waals surface area contributed by atoms with Gasteiger partial charge in [-0.3, -0.25) is 0 Å². The van der Waals surface area contributed by atoms with Gasteiger partial charge in [0, 0.05) is 52.5 Å². The maximum Gasteiger partial charge on any atom is 0.217 e. The number of hydrogen-bond donors (Lipinski definition) is 0. The van der Waals surface area contributed by atoms with Crippen molar-refractivity contribution in [3.8, 4) is 33.6 Å². The second-order valence-electron chi connectivity index (χ2n) is 17.6. The van der Waals surface area contributed by atoms with E-state index in [1.165, 1.54) is 50.3 Å². The van der Waals surface area contributed by atoms with Gasteiger partial charge in [-0.25, -0.2) is 0 Å². The van der Waals surface area contributed by atoms with Gasteiger partial charge in [0.05, 0.1) is 24.6 Å². The highest BCUT2D eigenvalue weighted by Gasteiger charge is 2.57. The minimum Gasteiger partial charge on any atom is -0.194 e. The van der Waals surface area contributed by atoms with Crippen LogP contribution in [0.1, 0.15) is 113 Å². The lowest BCUT2D eigenvalue weighted by Crippen LogP contribution is -2.56. The molecule has 4 aliphatic rings. The van der Waals surface area contributed by atoms with Crippen molar-refractivity contribution in [3.05, 3.63) is 125 Å². The lowest BCUT2D eigenvalue weighted by molar-refractivity contribution is -0.730. The van der Waals surface area contributed by atoms with E-state index in [9.17, 15) is 0 Å². The molecular formula is C46H52N2Si+2. The van der Waals surface area contributed by atoms with Crippen LogP contribution in [0.25, 0.3) is 33.6 Å². The molecule has 248 valence electrons. The van der Waals surface area contributed by atoms with Crippen LogP contribution in [0.15, 0.2) is 91.3 Å². The average Bonchev–Trinajstić information content (AvgIpc) is 3.64. The molecule has 2 atom stereocenters. The highest BCUT2D eigenvalue weighted by molar-refractivity contribution is 6.89. The van der Waals surface area contributed by atoms with Crippen LogP contribution >= 0.6 is 0 Å². The first kappa shape index (κ1) is 31.2. The largest absolute Gasteiger partial charge is 0.217 e. The first-order chi connectivity index (χ1) is 23.4. The lowest BCUT2D eigenvalue weighted by Gasteiger charge is -2.41. The number of nitrogens with zero attached hydrogens (tertiary/aromatic N) is 2. The van der Waals surface area contributed by atoms with Gasteiger partial charge in [0.25, 0.3) is 0 Å². The summed E-state index contributed by atoms with van der Waals surface area (Å²) in [7, 11) is -1.61. The summed E-state index contributed by atoms with van der Waals surface area (Å²) in [6, 6.07) is 31.3. The Morgan fingerprint density at radius 3 is 2.04 bits per heavy atom. The first-order valence-electron chi connectivity index (χ1n) is 18.9. The molecule has 3 heteroatoms. The van der Waals surface area contributed by atoms with Crippen LogP contribution in [0.4, 0.5) is 0 Å². The third-order valence-corrected chi connectivity index (χ3v) is 15.7. The molecule has 2 aliphatic carbocycles. The van der Waals surface area contributed by atoms with E-state index in [2.05, 4.69) is 162 Å². The molecule has 0 saturated carbocycles. The number of pyridine rings is 2. The Morgan fingerprint density at radius 1 is 0.612 bits per heavy atom. The highest BCUT2D eigenvalue weighted by atomic mass is 28.3. The zero-order valence-electron chi connectivity index (χ0n) is 31.0. The average molecular weight is 661 g/mol. The van der Waals surface area contributed by atoms with Gasteiger partial charge < -0.3 is 0 Å². The number of aromatic nitrogens is 2. The third-order valence-electron chi connectivity index (χ3n) is 13.6. The van der Waals surface area contributed by atoms with Gasteiger partial charge in [-0.05, 0) is 51.9 Å². The number of rotatable bonds is 7. The number of benzene rings is 3. The Hall–Kier alpha value is -3.82. The van der Waals surface area contributed by atoms with E-state index in [-0.39, 0.29) is 16.2 Å². The molecule has 0 spiro atoms. The van der Waals surface area contributed by atoms with Crippen molar-refractivity contribution in [2.45, 2.75) is 115 Å². The Bertz CT molecular complexity index is 2200. The van der Waals surface area contributed by atoms with Crippen LogP contribution < -0.4 is 14.3 Å². The normalized spacial score (nSPS) is 20.8. The lowest BCUT2D eigenvalue weighted by atomic mass is 9.64. The molecule has 5 aromatic rings. The molecule has 0 fully saturated rings. The second kappa shape index (κ2) is 10.1. The fraction of sp³-hybridized carbons (Fsp3) is 0.391. The van der Waals surface area contributed by atoms with Gasteiger partial charge in [-0.15, -0.1) is 0 Å². The Kier molecular flexibility index (Phi) is 6.44. The van der Waals surface area contributed by atoms with E-state index < -0.39 is 8.07 Å². The van der Waals surface area contributed by atoms with E-state index in [1.807, 2.05) is 0 Å². The predicted molar refractivity (Wildman–Crippen MR) is 205 cm³/mol. The molecule has 0 bridgehead atoms. The molecule has 3 aromatic carbocycles. The molecule has 9 rings (SSSR count). The van der Waals surface area contributed by atoms with Crippen LogP contribution in [-0.2, 0) is 16.2 Å². The van der Waals surface area contributed by atoms with E-state index >= 15 is 0 Å². The minimum atomic E-state index is -1.61. The summed E-state index contributed by atoms with van der Waals surface area (Å²) < 4.78 is 5.46. The minimum absolute atomic E-state index is 0.0200. The molecule has 0 saturated heterocycles. The van der Waals surface area contributed by atoms with Crippen molar-refractivity contribution in [2.24, 2.45) is 0 Å². The van der Waals surface area contributed by atoms with Gasteiger partial charge in [0.1, 0.15) is 0 Å². The molecule has 0 radical (unpaired) electrons. The Labute approximate surface area is 294 Å². The molecule has 2 unspecified atom stereocenters.